The molecule has 154 valence electrons. The normalized spacial score (nSPS) is 19.3. The van der Waals surface area contributed by atoms with Gasteiger partial charge in [0.25, 0.3) is 0 Å². The van der Waals surface area contributed by atoms with Crippen LogP contribution in [0.2, 0.25) is 0 Å². The van der Waals surface area contributed by atoms with Crippen molar-refractivity contribution in [2.45, 2.75) is 44.8 Å². The Hall–Kier alpha value is -2.69. The molecule has 2 aliphatic rings. The van der Waals surface area contributed by atoms with Gasteiger partial charge < -0.3 is 20.3 Å². The summed E-state index contributed by atoms with van der Waals surface area (Å²) in [4.78, 5) is 14.5. The fourth-order valence-corrected chi connectivity index (χ4v) is 4.24. The van der Waals surface area contributed by atoms with E-state index in [1.54, 1.807) is 0 Å². The molecule has 1 unspecified atom stereocenters. The van der Waals surface area contributed by atoms with Crippen molar-refractivity contribution in [3.63, 3.8) is 0 Å². The Morgan fingerprint density at radius 3 is 2.48 bits per heavy atom. The number of anilines is 1. The average Bonchev–Trinajstić information content (AvgIpc) is 3.45. The quantitative estimate of drug-likeness (QED) is 0.736. The van der Waals surface area contributed by atoms with E-state index in [4.69, 9.17) is 4.74 Å². The van der Waals surface area contributed by atoms with Gasteiger partial charge in [0, 0.05) is 31.9 Å². The van der Waals surface area contributed by atoms with Gasteiger partial charge in [0.05, 0.1) is 6.10 Å². The molecule has 2 aromatic rings. The van der Waals surface area contributed by atoms with Crippen molar-refractivity contribution in [1.29, 1.82) is 0 Å². The number of urea groups is 1. The highest BCUT2D eigenvalue weighted by Crippen LogP contribution is 2.24. The minimum absolute atomic E-state index is 0.102. The second-order valence-corrected chi connectivity index (χ2v) is 8.17. The van der Waals surface area contributed by atoms with E-state index < -0.39 is 0 Å². The van der Waals surface area contributed by atoms with Gasteiger partial charge in [-0.05, 0) is 67.9 Å². The van der Waals surface area contributed by atoms with Gasteiger partial charge >= 0.3 is 6.03 Å². The first kappa shape index (κ1) is 19.6. The number of para-hydroxylation sites is 1. The third-order valence-electron chi connectivity index (χ3n) is 5.94. The van der Waals surface area contributed by atoms with Crippen LogP contribution in [-0.4, -0.2) is 31.8 Å². The van der Waals surface area contributed by atoms with Crippen LogP contribution in [0.3, 0.4) is 0 Å². The molecule has 0 radical (unpaired) electrons. The lowest BCUT2D eigenvalue weighted by Crippen LogP contribution is -2.38. The number of nitrogens with zero attached hydrogens (tertiary/aromatic N) is 1. The molecule has 1 heterocycles. The van der Waals surface area contributed by atoms with Gasteiger partial charge in [-0.2, -0.15) is 0 Å². The summed E-state index contributed by atoms with van der Waals surface area (Å²) in [5.41, 5.74) is 2.34. The Labute approximate surface area is 173 Å². The smallest absolute Gasteiger partial charge is 0.315 e. The minimum Gasteiger partial charge on any atom is -0.490 e. The van der Waals surface area contributed by atoms with Crippen LogP contribution in [-0.2, 0) is 6.54 Å². The topological polar surface area (TPSA) is 53.6 Å². The van der Waals surface area contributed by atoms with E-state index in [9.17, 15) is 4.79 Å². The SMILES string of the molecule is O=C(NCc1ccc(OC2CCCC2)cc1)NCC1CCN(c2ccccc2)C1. The average molecular weight is 394 g/mol. The van der Waals surface area contributed by atoms with Crippen LogP contribution in [0.4, 0.5) is 10.5 Å². The second-order valence-electron chi connectivity index (χ2n) is 8.17. The Kier molecular flexibility index (Phi) is 6.55. The van der Waals surface area contributed by atoms with Crippen molar-refractivity contribution < 1.29 is 9.53 Å². The zero-order chi connectivity index (χ0) is 19.9. The van der Waals surface area contributed by atoms with Gasteiger partial charge in [-0.25, -0.2) is 4.79 Å². The predicted octanol–water partition coefficient (Wildman–Crippen LogP) is 4.33. The maximum Gasteiger partial charge on any atom is 0.315 e. The van der Waals surface area contributed by atoms with E-state index >= 15 is 0 Å². The van der Waals surface area contributed by atoms with Crippen LogP contribution in [0.15, 0.2) is 54.6 Å². The number of carbonyl (C=O) groups is 1. The summed E-state index contributed by atoms with van der Waals surface area (Å²) in [6.07, 6.45) is 6.34. The lowest BCUT2D eigenvalue weighted by molar-refractivity contribution is 0.210. The van der Waals surface area contributed by atoms with Crippen molar-refractivity contribution in [1.82, 2.24) is 10.6 Å². The summed E-state index contributed by atoms with van der Waals surface area (Å²) >= 11 is 0. The van der Waals surface area contributed by atoms with Crippen molar-refractivity contribution >= 4 is 11.7 Å². The first-order valence-electron chi connectivity index (χ1n) is 10.8. The number of ether oxygens (including phenoxy) is 1. The van der Waals surface area contributed by atoms with Crippen LogP contribution in [0, 0.1) is 5.92 Å². The molecule has 5 nitrogen and oxygen atoms in total. The molecule has 0 spiro atoms. The highest BCUT2D eigenvalue weighted by atomic mass is 16.5. The molecule has 4 rings (SSSR count). The van der Waals surface area contributed by atoms with Gasteiger partial charge in [-0.1, -0.05) is 30.3 Å². The Morgan fingerprint density at radius 1 is 0.966 bits per heavy atom. The van der Waals surface area contributed by atoms with Gasteiger partial charge in [-0.3, -0.25) is 0 Å². The Morgan fingerprint density at radius 2 is 1.72 bits per heavy atom. The molecule has 2 aromatic carbocycles. The molecule has 0 aromatic heterocycles. The molecular formula is C24H31N3O2. The summed E-state index contributed by atoms with van der Waals surface area (Å²) in [5, 5.41) is 5.98. The molecule has 5 heteroatoms. The molecule has 2 amide bonds. The van der Waals surface area contributed by atoms with E-state index in [0.717, 1.165) is 43.7 Å². The van der Waals surface area contributed by atoms with Crippen molar-refractivity contribution in [3.8, 4) is 5.75 Å². The molecule has 29 heavy (non-hydrogen) atoms. The standard InChI is InChI=1S/C24H31N3O2/c28-24(26-17-20-14-15-27(18-20)21-6-2-1-3-7-21)25-16-19-10-12-23(13-11-19)29-22-8-4-5-9-22/h1-3,6-7,10-13,20,22H,4-5,8-9,14-18H2,(H2,25,26,28). The summed E-state index contributed by atoms with van der Waals surface area (Å²) < 4.78 is 5.99. The van der Waals surface area contributed by atoms with Crippen LogP contribution >= 0.6 is 0 Å². The fraction of sp³-hybridized carbons (Fsp3) is 0.458. The van der Waals surface area contributed by atoms with E-state index in [1.807, 2.05) is 30.3 Å². The molecule has 1 aliphatic heterocycles. The van der Waals surface area contributed by atoms with Crippen molar-refractivity contribution in [3.05, 3.63) is 60.2 Å². The highest BCUT2D eigenvalue weighted by Gasteiger charge is 2.23. The molecule has 0 bridgehead atoms. The van der Waals surface area contributed by atoms with E-state index in [1.165, 1.54) is 18.5 Å². The first-order chi connectivity index (χ1) is 14.3. The number of benzene rings is 2. The lowest BCUT2D eigenvalue weighted by Gasteiger charge is -2.18. The second kappa shape index (κ2) is 9.68. The fourth-order valence-electron chi connectivity index (χ4n) is 4.24. The van der Waals surface area contributed by atoms with Crippen LogP contribution in [0.1, 0.15) is 37.7 Å². The number of nitrogens with one attached hydrogen (secondary N) is 2. The maximum absolute atomic E-state index is 12.2. The summed E-state index contributed by atoms with van der Waals surface area (Å²) in [5.74, 6) is 1.42. The Bertz CT molecular complexity index is 772. The van der Waals surface area contributed by atoms with Gasteiger partial charge in [0.1, 0.15) is 5.75 Å². The zero-order valence-electron chi connectivity index (χ0n) is 17.0. The van der Waals surface area contributed by atoms with Gasteiger partial charge in [-0.15, -0.1) is 0 Å². The predicted molar refractivity (Wildman–Crippen MR) is 116 cm³/mol. The highest BCUT2D eigenvalue weighted by molar-refractivity contribution is 5.73. The maximum atomic E-state index is 12.2. The van der Waals surface area contributed by atoms with Crippen LogP contribution in [0.25, 0.3) is 0 Å². The minimum atomic E-state index is -0.102. The number of carbonyl (C=O) groups excluding carboxylic acids is 1. The third kappa shape index (κ3) is 5.66. The first-order valence-corrected chi connectivity index (χ1v) is 10.8. The van der Waals surface area contributed by atoms with Crippen LogP contribution in [0.5, 0.6) is 5.75 Å². The molecule has 1 saturated carbocycles. The molecule has 1 atom stereocenters. The number of hydrogen-bond donors (Lipinski definition) is 2. The lowest BCUT2D eigenvalue weighted by atomic mass is 10.1. The summed E-state index contributed by atoms with van der Waals surface area (Å²) in [6, 6.07) is 18.4. The Balaban J connectivity index is 1.15. The van der Waals surface area contributed by atoms with E-state index in [0.29, 0.717) is 25.1 Å². The number of hydrogen-bond acceptors (Lipinski definition) is 3. The molecular weight excluding hydrogens is 362 g/mol. The third-order valence-corrected chi connectivity index (χ3v) is 5.94. The van der Waals surface area contributed by atoms with E-state index in [-0.39, 0.29) is 6.03 Å². The van der Waals surface area contributed by atoms with Gasteiger partial charge in [0.2, 0.25) is 0 Å². The van der Waals surface area contributed by atoms with E-state index in [2.05, 4.69) is 39.8 Å². The number of rotatable bonds is 7. The molecule has 2 N–H and O–H groups in total. The summed E-state index contributed by atoms with van der Waals surface area (Å²) in [6.45, 7) is 3.28. The van der Waals surface area contributed by atoms with Gasteiger partial charge in [0.15, 0.2) is 0 Å². The molecule has 1 aliphatic carbocycles. The molecule has 2 fully saturated rings. The zero-order valence-corrected chi connectivity index (χ0v) is 17.0. The van der Waals surface area contributed by atoms with Crippen molar-refractivity contribution in [2.75, 3.05) is 24.5 Å². The molecule has 1 saturated heterocycles. The van der Waals surface area contributed by atoms with Crippen LogP contribution < -0.4 is 20.3 Å². The number of amides is 2. The van der Waals surface area contributed by atoms with Crippen molar-refractivity contribution in [2.24, 2.45) is 5.92 Å². The summed E-state index contributed by atoms with van der Waals surface area (Å²) in [7, 11) is 0. The largest absolute Gasteiger partial charge is 0.490 e. The monoisotopic (exact) mass is 393 g/mol.